The minimum atomic E-state index is -0.392. The first-order chi connectivity index (χ1) is 11.1. The lowest BCUT2D eigenvalue weighted by Crippen LogP contribution is -2.20. The van der Waals surface area contributed by atoms with Crippen molar-refractivity contribution in [1.29, 1.82) is 0 Å². The lowest BCUT2D eigenvalue weighted by Gasteiger charge is -2.08. The number of esters is 1. The highest BCUT2D eigenvalue weighted by Crippen LogP contribution is 2.15. The summed E-state index contributed by atoms with van der Waals surface area (Å²) in [5.74, 6) is -0.137. The van der Waals surface area contributed by atoms with Gasteiger partial charge in [0.2, 0.25) is 0 Å². The molecular weight excluding hydrogens is 318 g/mol. The van der Waals surface area contributed by atoms with Crippen molar-refractivity contribution in [3.8, 4) is 5.75 Å². The lowest BCUT2D eigenvalue weighted by molar-refractivity contribution is -0.118. The Kier molecular flexibility index (Phi) is 6.00. The summed E-state index contributed by atoms with van der Waals surface area (Å²) in [6.45, 7) is 1.94. The number of carbonyl (C=O) groups is 2. The quantitative estimate of drug-likeness (QED) is 0.821. The molecule has 0 spiro atoms. The molecule has 2 rings (SSSR count). The minimum absolute atomic E-state index is 0.124. The topological polar surface area (TPSA) is 64.6 Å². The molecule has 0 aliphatic rings. The Balaban J connectivity index is 1.85. The highest BCUT2D eigenvalue weighted by Gasteiger charge is 2.07. The van der Waals surface area contributed by atoms with E-state index in [9.17, 15) is 9.59 Å². The third-order valence-electron chi connectivity index (χ3n) is 2.86. The van der Waals surface area contributed by atoms with Gasteiger partial charge in [-0.1, -0.05) is 11.6 Å². The summed E-state index contributed by atoms with van der Waals surface area (Å²) in [6, 6.07) is 13.2. The zero-order chi connectivity index (χ0) is 16.7. The molecule has 0 atom stereocenters. The fourth-order valence-electron chi connectivity index (χ4n) is 1.78. The molecule has 0 fully saturated rings. The fourth-order valence-corrected chi connectivity index (χ4v) is 1.91. The second kappa shape index (κ2) is 8.19. The van der Waals surface area contributed by atoms with Gasteiger partial charge in [-0.3, -0.25) is 4.79 Å². The summed E-state index contributed by atoms with van der Waals surface area (Å²) in [5, 5.41) is 3.28. The monoisotopic (exact) mass is 333 g/mol. The molecule has 2 aromatic rings. The summed E-state index contributed by atoms with van der Waals surface area (Å²) in [4.78, 5) is 23.3. The van der Waals surface area contributed by atoms with Gasteiger partial charge in [-0.15, -0.1) is 0 Å². The van der Waals surface area contributed by atoms with Crippen LogP contribution in [0.15, 0.2) is 48.5 Å². The number of hydrogen-bond donors (Lipinski definition) is 1. The van der Waals surface area contributed by atoms with Crippen LogP contribution in [0.1, 0.15) is 17.3 Å². The molecule has 120 valence electrons. The molecule has 2 aromatic carbocycles. The van der Waals surface area contributed by atoms with E-state index in [4.69, 9.17) is 21.1 Å². The van der Waals surface area contributed by atoms with E-state index in [1.54, 1.807) is 55.5 Å². The average Bonchev–Trinajstić information content (AvgIpc) is 2.55. The minimum Gasteiger partial charge on any atom is -0.484 e. The van der Waals surface area contributed by atoms with Gasteiger partial charge in [0.25, 0.3) is 5.91 Å². The molecule has 0 saturated heterocycles. The van der Waals surface area contributed by atoms with Crippen LogP contribution in [-0.4, -0.2) is 25.1 Å². The van der Waals surface area contributed by atoms with Crippen LogP contribution >= 0.6 is 11.6 Å². The Hall–Kier alpha value is -2.53. The van der Waals surface area contributed by atoms with Crippen LogP contribution in [-0.2, 0) is 9.53 Å². The lowest BCUT2D eigenvalue weighted by atomic mass is 10.2. The van der Waals surface area contributed by atoms with E-state index in [2.05, 4.69) is 5.32 Å². The average molecular weight is 334 g/mol. The van der Waals surface area contributed by atoms with Crippen LogP contribution in [0.25, 0.3) is 0 Å². The number of benzene rings is 2. The van der Waals surface area contributed by atoms with Crippen molar-refractivity contribution in [3.63, 3.8) is 0 Å². The van der Waals surface area contributed by atoms with Crippen LogP contribution in [0.5, 0.6) is 5.75 Å². The van der Waals surface area contributed by atoms with Gasteiger partial charge in [0, 0.05) is 10.7 Å². The molecule has 0 saturated carbocycles. The smallest absolute Gasteiger partial charge is 0.338 e. The standard InChI is InChI=1S/C17H16ClNO4/c1-2-22-17(21)12-3-7-14(8-4-12)19-16(20)11-23-15-9-5-13(18)6-10-15/h3-10H,2,11H2,1H3,(H,19,20). The molecule has 0 aliphatic carbocycles. The van der Waals surface area contributed by atoms with Crippen LogP contribution in [0, 0.1) is 0 Å². The molecule has 0 radical (unpaired) electrons. The maximum Gasteiger partial charge on any atom is 0.338 e. The van der Waals surface area contributed by atoms with Gasteiger partial charge in [0.05, 0.1) is 12.2 Å². The van der Waals surface area contributed by atoms with Gasteiger partial charge in [-0.25, -0.2) is 4.79 Å². The molecule has 1 amide bonds. The SMILES string of the molecule is CCOC(=O)c1ccc(NC(=O)COc2ccc(Cl)cc2)cc1. The zero-order valence-corrected chi connectivity index (χ0v) is 13.3. The molecule has 5 nitrogen and oxygen atoms in total. The maximum atomic E-state index is 11.8. The highest BCUT2D eigenvalue weighted by atomic mass is 35.5. The number of carbonyl (C=O) groups excluding carboxylic acids is 2. The third kappa shape index (κ3) is 5.30. The maximum absolute atomic E-state index is 11.8. The van der Waals surface area contributed by atoms with Crippen LogP contribution in [0.2, 0.25) is 5.02 Å². The van der Waals surface area contributed by atoms with E-state index in [1.807, 2.05) is 0 Å². The second-order valence-electron chi connectivity index (χ2n) is 4.59. The Labute approximate surface area is 139 Å². The van der Waals surface area contributed by atoms with Gasteiger partial charge in [0.1, 0.15) is 5.75 Å². The molecule has 0 heterocycles. The Bertz CT molecular complexity index is 668. The van der Waals surface area contributed by atoms with E-state index in [1.165, 1.54) is 0 Å². The van der Waals surface area contributed by atoms with Gasteiger partial charge < -0.3 is 14.8 Å². The highest BCUT2D eigenvalue weighted by molar-refractivity contribution is 6.30. The van der Waals surface area contributed by atoms with Crippen molar-refractivity contribution in [2.75, 3.05) is 18.5 Å². The zero-order valence-electron chi connectivity index (χ0n) is 12.5. The van der Waals surface area contributed by atoms with E-state index in [-0.39, 0.29) is 12.5 Å². The van der Waals surface area contributed by atoms with Crippen molar-refractivity contribution >= 4 is 29.2 Å². The van der Waals surface area contributed by atoms with Crippen molar-refractivity contribution in [1.82, 2.24) is 0 Å². The van der Waals surface area contributed by atoms with E-state index >= 15 is 0 Å². The summed E-state index contributed by atoms with van der Waals surface area (Å²) >= 11 is 5.77. The molecule has 1 N–H and O–H groups in total. The Morgan fingerprint density at radius 1 is 1.04 bits per heavy atom. The predicted octanol–water partition coefficient (Wildman–Crippen LogP) is 3.53. The van der Waals surface area contributed by atoms with Crippen molar-refractivity contribution in [2.45, 2.75) is 6.92 Å². The Morgan fingerprint density at radius 3 is 2.30 bits per heavy atom. The van der Waals surface area contributed by atoms with E-state index in [0.29, 0.717) is 28.6 Å². The molecule has 0 aliphatic heterocycles. The first kappa shape index (κ1) is 16.8. The summed E-state index contributed by atoms with van der Waals surface area (Å²) in [7, 11) is 0. The largest absolute Gasteiger partial charge is 0.484 e. The number of halogens is 1. The van der Waals surface area contributed by atoms with Crippen molar-refractivity contribution in [2.24, 2.45) is 0 Å². The predicted molar refractivity (Wildman–Crippen MR) is 88.0 cm³/mol. The van der Waals surface area contributed by atoms with Crippen LogP contribution in [0.4, 0.5) is 5.69 Å². The number of ether oxygens (including phenoxy) is 2. The van der Waals surface area contributed by atoms with Crippen LogP contribution < -0.4 is 10.1 Å². The first-order valence-electron chi connectivity index (χ1n) is 7.04. The number of rotatable bonds is 6. The Morgan fingerprint density at radius 2 is 1.70 bits per heavy atom. The van der Waals surface area contributed by atoms with E-state index in [0.717, 1.165) is 0 Å². The van der Waals surface area contributed by atoms with Gasteiger partial charge >= 0.3 is 5.97 Å². The molecule has 6 heteroatoms. The van der Waals surface area contributed by atoms with Crippen molar-refractivity contribution in [3.05, 3.63) is 59.1 Å². The number of amides is 1. The number of nitrogens with one attached hydrogen (secondary N) is 1. The van der Waals surface area contributed by atoms with Gasteiger partial charge in [0.15, 0.2) is 6.61 Å². The van der Waals surface area contributed by atoms with Crippen molar-refractivity contribution < 1.29 is 19.1 Å². The van der Waals surface area contributed by atoms with Gasteiger partial charge in [-0.2, -0.15) is 0 Å². The summed E-state index contributed by atoms with van der Waals surface area (Å²) < 4.78 is 10.2. The normalized spacial score (nSPS) is 10.0. The molecule has 23 heavy (non-hydrogen) atoms. The van der Waals surface area contributed by atoms with Gasteiger partial charge in [-0.05, 0) is 55.5 Å². The fraction of sp³-hybridized carbons (Fsp3) is 0.176. The van der Waals surface area contributed by atoms with Crippen LogP contribution in [0.3, 0.4) is 0 Å². The number of hydrogen-bond acceptors (Lipinski definition) is 4. The molecular formula is C17H16ClNO4. The molecule has 0 bridgehead atoms. The second-order valence-corrected chi connectivity index (χ2v) is 5.03. The molecule has 0 unspecified atom stereocenters. The first-order valence-corrected chi connectivity index (χ1v) is 7.41. The van der Waals surface area contributed by atoms with E-state index < -0.39 is 5.97 Å². The molecule has 0 aromatic heterocycles. The third-order valence-corrected chi connectivity index (χ3v) is 3.12. The summed E-state index contributed by atoms with van der Waals surface area (Å²) in [5.41, 5.74) is 1.00. The summed E-state index contributed by atoms with van der Waals surface area (Å²) in [6.07, 6.45) is 0. The number of anilines is 1.